The van der Waals surface area contributed by atoms with Gasteiger partial charge in [-0.05, 0) is 31.9 Å². The standard InChI is InChI=1S/C21H26N6O4/c1-21(2)30-16-15(10-28)29-19(17(16)31-21)27-18-14(9-23-11-25-18)26-20(27)24-8-7-12-5-3-4-6-13(12)22/h3-6,9,11,15-17,19,28H,7-8,10,22H2,1-2H3,(H,24,26)/t15-,16-,17-,19-/m1/s1. The number of nitrogens with one attached hydrogen (secondary N) is 1. The summed E-state index contributed by atoms with van der Waals surface area (Å²) in [6.45, 7) is 4.15. The molecular weight excluding hydrogens is 400 g/mol. The van der Waals surface area contributed by atoms with Crippen LogP contribution in [0.1, 0.15) is 25.6 Å². The van der Waals surface area contributed by atoms with Crippen LogP contribution in [0.2, 0.25) is 0 Å². The van der Waals surface area contributed by atoms with Crippen molar-refractivity contribution in [2.75, 3.05) is 24.2 Å². The lowest BCUT2D eigenvalue weighted by Crippen LogP contribution is -2.31. The van der Waals surface area contributed by atoms with Crippen LogP contribution in [0.5, 0.6) is 0 Å². The number of rotatable bonds is 6. The van der Waals surface area contributed by atoms with Crippen molar-refractivity contribution in [2.45, 2.75) is 50.6 Å². The number of nitrogens with two attached hydrogens (primary N) is 1. The maximum atomic E-state index is 9.84. The number of para-hydroxylation sites is 1. The van der Waals surface area contributed by atoms with E-state index in [1.807, 2.05) is 42.7 Å². The van der Waals surface area contributed by atoms with Gasteiger partial charge in [0.2, 0.25) is 5.95 Å². The molecule has 2 fully saturated rings. The molecule has 3 aromatic rings. The summed E-state index contributed by atoms with van der Waals surface area (Å²) < 4.78 is 20.2. The SMILES string of the molecule is CC1(C)O[C@@H]2[C@H](O1)[C@@H](CO)O[C@H]2n1c(NCCc2ccccc2N)nc2cncnc21. The van der Waals surface area contributed by atoms with E-state index in [0.717, 1.165) is 17.7 Å². The molecule has 164 valence electrons. The Morgan fingerprint density at radius 2 is 2.03 bits per heavy atom. The van der Waals surface area contributed by atoms with E-state index in [-0.39, 0.29) is 12.7 Å². The summed E-state index contributed by atoms with van der Waals surface area (Å²) in [5.74, 6) is -0.185. The van der Waals surface area contributed by atoms with Crippen LogP contribution in [0.3, 0.4) is 0 Å². The van der Waals surface area contributed by atoms with Crippen LogP contribution in [-0.2, 0) is 20.6 Å². The zero-order valence-electron chi connectivity index (χ0n) is 17.4. The van der Waals surface area contributed by atoms with Gasteiger partial charge in [-0.2, -0.15) is 0 Å². The van der Waals surface area contributed by atoms with Crippen LogP contribution >= 0.6 is 0 Å². The molecule has 4 N–H and O–H groups in total. The molecule has 4 heterocycles. The number of hydrogen-bond donors (Lipinski definition) is 3. The number of aromatic nitrogens is 4. The number of anilines is 2. The first-order valence-electron chi connectivity index (χ1n) is 10.3. The zero-order chi connectivity index (χ0) is 21.6. The van der Waals surface area contributed by atoms with Crippen molar-refractivity contribution in [2.24, 2.45) is 0 Å². The van der Waals surface area contributed by atoms with E-state index < -0.39 is 24.2 Å². The molecule has 10 nitrogen and oxygen atoms in total. The predicted molar refractivity (Wildman–Crippen MR) is 113 cm³/mol. The third-order valence-electron chi connectivity index (χ3n) is 5.65. The van der Waals surface area contributed by atoms with Gasteiger partial charge in [0.05, 0.1) is 12.8 Å². The second kappa shape index (κ2) is 7.72. The maximum Gasteiger partial charge on any atom is 0.207 e. The highest BCUT2D eigenvalue weighted by atomic mass is 16.8. The van der Waals surface area contributed by atoms with Crippen LogP contribution in [0.4, 0.5) is 11.6 Å². The smallest absolute Gasteiger partial charge is 0.207 e. The van der Waals surface area contributed by atoms with Gasteiger partial charge in [-0.3, -0.25) is 4.57 Å². The topological polar surface area (TPSA) is 130 Å². The van der Waals surface area contributed by atoms with Gasteiger partial charge in [-0.25, -0.2) is 15.0 Å². The van der Waals surface area contributed by atoms with E-state index in [9.17, 15) is 5.11 Å². The summed E-state index contributed by atoms with van der Waals surface area (Å²) >= 11 is 0. The molecule has 0 unspecified atom stereocenters. The molecule has 0 amide bonds. The molecular formula is C21H26N6O4. The molecule has 0 aliphatic carbocycles. The number of imidazole rings is 1. The first kappa shape index (κ1) is 20.1. The van der Waals surface area contributed by atoms with E-state index in [4.69, 9.17) is 19.9 Å². The second-order valence-electron chi connectivity index (χ2n) is 8.23. The number of ether oxygens (including phenoxy) is 3. The van der Waals surface area contributed by atoms with Gasteiger partial charge >= 0.3 is 0 Å². The lowest BCUT2D eigenvalue weighted by molar-refractivity contribution is -0.199. The molecule has 10 heteroatoms. The molecule has 4 atom stereocenters. The molecule has 0 radical (unpaired) electrons. The normalized spacial score (nSPS) is 26.9. The van der Waals surface area contributed by atoms with Crippen LogP contribution < -0.4 is 11.1 Å². The average Bonchev–Trinajstić information content (AvgIpc) is 3.37. The third-order valence-corrected chi connectivity index (χ3v) is 5.65. The van der Waals surface area contributed by atoms with Crippen LogP contribution in [0.25, 0.3) is 11.2 Å². The molecule has 0 saturated carbocycles. The Hall–Kier alpha value is -2.79. The van der Waals surface area contributed by atoms with Crippen molar-refractivity contribution in [3.8, 4) is 0 Å². The summed E-state index contributed by atoms with van der Waals surface area (Å²) in [6.07, 6.45) is 1.99. The number of nitrogens with zero attached hydrogens (tertiary/aromatic N) is 4. The summed E-state index contributed by atoms with van der Waals surface area (Å²) in [6, 6.07) is 7.78. The Morgan fingerprint density at radius 1 is 1.23 bits per heavy atom. The minimum Gasteiger partial charge on any atom is -0.399 e. The number of aliphatic hydroxyl groups is 1. The lowest BCUT2D eigenvalue weighted by Gasteiger charge is -2.25. The quantitative estimate of drug-likeness (QED) is 0.502. The van der Waals surface area contributed by atoms with Crippen LogP contribution in [0.15, 0.2) is 36.8 Å². The Bertz CT molecular complexity index is 1090. The fourth-order valence-electron chi connectivity index (χ4n) is 4.30. The van der Waals surface area contributed by atoms with Gasteiger partial charge in [0.25, 0.3) is 0 Å². The van der Waals surface area contributed by atoms with Crippen LogP contribution in [-0.4, -0.2) is 61.9 Å². The minimum absolute atomic E-state index is 0.172. The monoisotopic (exact) mass is 426 g/mol. The van der Waals surface area contributed by atoms with E-state index >= 15 is 0 Å². The molecule has 0 bridgehead atoms. The van der Waals surface area contributed by atoms with Gasteiger partial charge in [-0.15, -0.1) is 0 Å². The molecule has 5 rings (SSSR count). The largest absolute Gasteiger partial charge is 0.399 e. The van der Waals surface area contributed by atoms with Crippen LogP contribution in [0, 0.1) is 0 Å². The zero-order valence-corrected chi connectivity index (χ0v) is 17.4. The number of aliphatic hydroxyl groups excluding tert-OH is 1. The van der Waals surface area contributed by atoms with Crippen molar-refractivity contribution in [1.29, 1.82) is 0 Å². The predicted octanol–water partition coefficient (Wildman–Crippen LogP) is 1.47. The van der Waals surface area contributed by atoms with E-state index in [0.29, 0.717) is 23.7 Å². The number of benzene rings is 1. The van der Waals surface area contributed by atoms with Gasteiger partial charge in [0.1, 0.15) is 30.2 Å². The highest BCUT2D eigenvalue weighted by Crippen LogP contribution is 2.44. The van der Waals surface area contributed by atoms with Crippen molar-refractivity contribution >= 4 is 22.8 Å². The van der Waals surface area contributed by atoms with Gasteiger partial charge in [0, 0.05) is 12.2 Å². The molecule has 1 aromatic carbocycles. The van der Waals surface area contributed by atoms with Crippen molar-refractivity contribution < 1.29 is 19.3 Å². The molecule has 0 spiro atoms. The molecule has 2 saturated heterocycles. The van der Waals surface area contributed by atoms with Crippen molar-refractivity contribution in [3.63, 3.8) is 0 Å². The highest BCUT2D eigenvalue weighted by Gasteiger charge is 2.56. The number of nitrogen functional groups attached to an aromatic ring is 1. The van der Waals surface area contributed by atoms with E-state index in [1.54, 1.807) is 6.20 Å². The Morgan fingerprint density at radius 3 is 2.84 bits per heavy atom. The highest BCUT2D eigenvalue weighted by molar-refractivity contribution is 5.73. The number of hydrogen-bond acceptors (Lipinski definition) is 9. The fraction of sp³-hybridized carbons (Fsp3) is 0.476. The maximum absolute atomic E-state index is 9.84. The van der Waals surface area contributed by atoms with Crippen molar-refractivity contribution in [3.05, 3.63) is 42.4 Å². The summed E-state index contributed by atoms with van der Waals surface area (Å²) in [5, 5.41) is 13.2. The third kappa shape index (κ3) is 3.61. The Labute approximate surface area is 179 Å². The molecule has 2 aliphatic rings. The first-order valence-corrected chi connectivity index (χ1v) is 10.3. The summed E-state index contributed by atoms with van der Waals surface area (Å²) in [5.41, 5.74) is 9.14. The lowest BCUT2D eigenvalue weighted by atomic mass is 10.1. The van der Waals surface area contributed by atoms with E-state index in [1.165, 1.54) is 6.33 Å². The Balaban J connectivity index is 1.46. The summed E-state index contributed by atoms with van der Waals surface area (Å²) in [4.78, 5) is 13.2. The molecule has 2 aromatic heterocycles. The minimum atomic E-state index is -0.769. The molecule has 31 heavy (non-hydrogen) atoms. The van der Waals surface area contributed by atoms with Gasteiger partial charge in [0.15, 0.2) is 17.7 Å². The van der Waals surface area contributed by atoms with E-state index in [2.05, 4.69) is 20.3 Å². The summed E-state index contributed by atoms with van der Waals surface area (Å²) in [7, 11) is 0. The van der Waals surface area contributed by atoms with Crippen molar-refractivity contribution in [1.82, 2.24) is 19.5 Å². The fourth-order valence-corrected chi connectivity index (χ4v) is 4.30. The van der Waals surface area contributed by atoms with Gasteiger partial charge < -0.3 is 30.4 Å². The number of fused-ring (bicyclic) bond motifs is 2. The Kier molecular flexibility index (Phi) is 5.01. The average molecular weight is 426 g/mol. The molecule has 2 aliphatic heterocycles. The van der Waals surface area contributed by atoms with Gasteiger partial charge in [-0.1, -0.05) is 18.2 Å². The first-order chi connectivity index (χ1) is 15.0. The second-order valence-corrected chi connectivity index (χ2v) is 8.23.